The Morgan fingerprint density at radius 3 is 2.52 bits per heavy atom. The predicted molar refractivity (Wildman–Crippen MR) is 86.7 cm³/mol. The molecular formula is C17H28N2O2. The summed E-state index contributed by atoms with van der Waals surface area (Å²) < 4.78 is 0. The van der Waals surface area contributed by atoms with E-state index in [1.807, 2.05) is 6.07 Å². The maximum absolute atomic E-state index is 11.0. The van der Waals surface area contributed by atoms with Gasteiger partial charge < -0.3 is 15.3 Å². The number of hydrogen-bond donors (Lipinski definition) is 2. The van der Waals surface area contributed by atoms with Crippen molar-refractivity contribution in [3.8, 4) is 0 Å². The summed E-state index contributed by atoms with van der Waals surface area (Å²) in [7, 11) is 4.16. The summed E-state index contributed by atoms with van der Waals surface area (Å²) in [6.45, 7) is 8.41. The van der Waals surface area contributed by atoms with Crippen LogP contribution in [0.5, 0.6) is 0 Å². The molecule has 2 N–H and O–H groups in total. The monoisotopic (exact) mass is 292 g/mol. The second-order valence-corrected chi connectivity index (χ2v) is 6.90. The standard InChI is InChI=1S/C17H28N2O2/c1-17(2,3)15(9-10-19(4)5)18-12-13-7-6-8-14(11-13)16(20)21/h6-8,11,15,18H,9-10,12H2,1-5H3,(H,20,21). The first kappa shape index (κ1) is 17.7. The van der Waals surface area contributed by atoms with E-state index in [0.717, 1.165) is 18.5 Å². The van der Waals surface area contributed by atoms with Gasteiger partial charge in [0.05, 0.1) is 5.56 Å². The van der Waals surface area contributed by atoms with E-state index in [9.17, 15) is 4.79 Å². The molecule has 1 aromatic rings. The second-order valence-electron chi connectivity index (χ2n) is 6.90. The van der Waals surface area contributed by atoms with Crippen molar-refractivity contribution in [1.82, 2.24) is 10.2 Å². The van der Waals surface area contributed by atoms with Gasteiger partial charge in [0.1, 0.15) is 0 Å². The van der Waals surface area contributed by atoms with Crippen LogP contribution < -0.4 is 5.32 Å². The zero-order chi connectivity index (χ0) is 16.0. The number of nitrogens with zero attached hydrogens (tertiary/aromatic N) is 1. The third-order valence-electron chi connectivity index (χ3n) is 3.64. The van der Waals surface area contributed by atoms with Crippen molar-refractivity contribution in [2.45, 2.75) is 39.8 Å². The van der Waals surface area contributed by atoms with E-state index in [0.29, 0.717) is 18.2 Å². The van der Waals surface area contributed by atoms with Gasteiger partial charge in [-0.3, -0.25) is 0 Å². The van der Waals surface area contributed by atoms with E-state index in [-0.39, 0.29) is 5.41 Å². The summed E-state index contributed by atoms with van der Waals surface area (Å²) in [5, 5.41) is 12.6. The third-order valence-corrected chi connectivity index (χ3v) is 3.64. The molecule has 118 valence electrons. The molecule has 1 aromatic carbocycles. The highest BCUT2D eigenvalue weighted by Crippen LogP contribution is 2.22. The van der Waals surface area contributed by atoms with Gasteiger partial charge in [-0.05, 0) is 50.2 Å². The highest BCUT2D eigenvalue weighted by atomic mass is 16.4. The number of nitrogens with one attached hydrogen (secondary N) is 1. The lowest BCUT2D eigenvalue weighted by Crippen LogP contribution is -2.41. The fourth-order valence-corrected chi connectivity index (χ4v) is 2.28. The predicted octanol–water partition coefficient (Wildman–Crippen LogP) is 2.84. The van der Waals surface area contributed by atoms with Crippen molar-refractivity contribution in [2.24, 2.45) is 5.41 Å². The molecule has 0 radical (unpaired) electrons. The molecule has 1 unspecified atom stereocenters. The van der Waals surface area contributed by atoms with Crippen LogP contribution in [0.4, 0.5) is 0 Å². The average Bonchev–Trinajstić information content (AvgIpc) is 2.37. The molecule has 0 saturated carbocycles. The summed E-state index contributed by atoms with van der Waals surface area (Å²) in [4.78, 5) is 13.2. The first-order chi connectivity index (χ1) is 9.70. The van der Waals surface area contributed by atoms with Crippen LogP contribution in [0.1, 0.15) is 43.1 Å². The second kappa shape index (κ2) is 7.57. The van der Waals surface area contributed by atoms with Crippen LogP contribution >= 0.6 is 0 Å². The number of hydrogen-bond acceptors (Lipinski definition) is 3. The van der Waals surface area contributed by atoms with Crippen LogP contribution in [0.25, 0.3) is 0 Å². The highest BCUT2D eigenvalue weighted by molar-refractivity contribution is 5.87. The van der Waals surface area contributed by atoms with E-state index < -0.39 is 5.97 Å². The lowest BCUT2D eigenvalue weighted by atomic mass is 9.84. The molecule has 4 heteroatoms. The molecule has 0 bridgehead atoms. The Hall–Kier alpha value is -1.39. The zero-order valence-electron chi connectivity index (χ0n) is 13.8. The maximum atomic E-state index is 11.0. The Morgan fingerprint density at radius 2 is 2.00 bits per heavy atom. The van der Waals surface area contributed by atoms with Gasteiger partial charge in [-0.2, -0.15) is 0 Å². The van der Waals surface area contributed by atoms with Crippen molar-refractivity contribution in [1.29, 1.82) is 0 Å². The van der Waals surface area contributed by atoms with Gasteiger partial charge >= 0.3 is 5.97 Å². The molecule has 0 heterocycles. The summed E-state index contributed by atoms with van der Waals surface area (Å²) in [6, 6.07) is 7.51. The minimum Gasteiger partial charge on any atom is -0.478 e. The van der Waals surface area contributed by atoms with Crippen LogP contribution in [0.15, 0.2) is 24.3 Å². The SMILES string of the molecule is CN(C)CCC(NCc1cccc(C(=O)O)c1)C(C)(C)C. The van der Waals surface area contributed by atoms with Crippen LogP contribution in [0, 0.1) is 5.41 Å². The molecule has 1 atom stereocenters. The Labute approximate surface area is 128 Å². The minimum absolute atomic E-state index is 0.167. The van der Waals surface area contributed by atoms with E-state index in [1.54, 1.807) is 18.2 Å². The molecule has 4 nitrogen and oxygen atoms in total. The largest absolute Gasteiger partial charge is 0.478 e. The molecule has 0 fully saturated rings. The molecule has 0 saturated heterocycles. The number of carboxylic acids is 1. The van der Waals surface area contributed by atoms with Gasteiger partial charge in [-0.25, -0.2) is 4.79 Å². The molecule has 0 aliphatic carbocycles. The lowest BCUT2D eigenvalue weighted by molar-refractivity contribution is 0.0696. The number of benzene rings is 1. The van der Waals surface area contributed by atoms with Gasteiger partial charge in [-0.1, -0.05) is 32.9 Å². The zero-order valence-corrected chi connectivity index (χ0v) is 13.8. The van der Waals surface area contributed by atoms with Crippen LogP contribution in [0.3, 0.4) is 0 Å². The number of carboxylic acid groups (broad SMARTS) is 1. The summed E-state index contributed by atoms with van der Waals surface area (Å²) in [5.74, 6) is -0.878. The molecule has 0 aliphatic rings. The average molecular weight is 292 g/mol. The van der Waals surface area contributed by atoms with Crippen molar-refractivity contribution >= 4 is 5.97 Å². The van der Waals surface area contributed by atoms with Crippen molar-refractivity contribution in [3.63, 3.8) is 0 Å². The Balaban J connectivity index is 2.68. The molecule has 0 aliphatic heterocycles. The van der Waals surface area contributed by atoms with Crippen molar-refractivity contribution in [3.05, 3.63) is 35.4 Å². The van der Waals surface area contributed by atoms with E-state index >= 15 is 0 Å². The molecule has 0 aromatic heterocycles. The van der Waals surface area contributed by atoms with E-state index in [1.165, 1.54) is 0 Å². The topological polar surface area (TPSA) is 52.6 Å². The fourth-order valence-electron chi connectivity index (χ4n) is 2.28. The summed E-state index contributed by atoms with van der Waals surface area (Å²) in [6.07, 6.45) is 1.06. The van der Waals surface area contributed by atoms with Crippen molar-refractivity contribution in [2.75, 3.05) is 20.6 Å². The minimum atomic E-state index is -0.878. The number of rotatable bonds is 7. The van der Waals surface area contributed by atoms with Gasteiger partial charge in [0, 0.05) is 12.6 Å². The van der Waals surface area contributed by atoms with Gasteiger partial charge in [0.15, 0.2) is 0 Å². The van der Waals surface area contributed by atoms with E-state index in [2.05, 4.69) is 45.1 Å². The summed E-state index contributed by atoms with van der Waals surface area (Å²) in [5.41, 5.74) is 1.52. The lowest BCUT2D eigenvalue weighted by Gasteiger charge is -2.32. The Morgan fingerprint density at radius 1 is 1.33 bits per heavy atom. The first-order valence-corrected chi connectivity index (χ1v) is 7.40. The summed E-state index contributed by atoms with van der Waals surface area (Å²) >= 11 is 0. The van der Waals surface area contributed by atoms with Crippen LogP contribution in [0.2, 0.25) is 0 Å². The highest BCUT2D eigenvalue weighted by Gasteiger charge is 2.23. The number of carbonyl (C=O) groups is 1. The van der Waals surface area contributed by atoms with E-state index in [4.69, 9.17) is 5.11 Å². The van der Waals surface area contributed by atoms with Gasteiger partial charge in [-0.15, -0.1) is 0 Å². The van der Waals surface area contributed by atoms with Crippen LogP contribution in [-0.4, -0.2) is 42.7 Å². The molecule has 0 amide bonds. The van der Waals surface area contributed by atoms with Crippen molar-refractivity contribution < 1.29 is 9.90 Å². The van der Waals surface area contributed by atoms with Gasteiger partial charge in [0.25, 0.3) is 0 Å². The number of aromatic carboxylic acids is 1. The fraction of sp³-hybridized carbons (Fsp3) is 0.588. The maximum Gasteiger partial charge on any atom is 0.335 e. The smallest absolute Gasteiger partial charge is 0.335 e. The third kappa shape index (κ3) is 6.27. The Kier molecular flexibility index (Phi) is 6.37. The quantitative estimate of drug-likeness (QED) is 0.811. The molecular weight excluding hydrogens is 264 g/mol. The normalized spacial score (nSPS) is 13.4. The van der Waals surface area contributed by atoms with Crippen LogP contribution in [-0.2, 0) is 6.54 Å². The molecule has 21 heavy (non-hydrogen) atoms. The molecule has 1 rings (SSSR count). The first-order valence-electron chi connectivity index (χ1n) is 7.40. The van der Waals surface area contributed by atoms with Gasteiger partial charge in [0.2, 0.25) is 0 Å². The molecule has 0 spiro atoms. The Bertz CT molecular complexity index is 464.